The zero-order valence-electron chi connectivity index (χ0n) is 12.1. The van der Waals surface area contributed by atoms with E-state index in [1.54, 1.807) is 11.3 Å². The van der Waals surface area contributed by atoms with E-state index in [4.69, 9.17) is 4.74 Å². The number of ether oxygens (including phenoxy) is 1. The van der Waals surface area contributed by atoms with Crippen molar-refractivity contribution in [2.24, 2.45) is 0 Å². The van der Waals surface area contributed by atoms with Crippen LogP contribution in [0.2, 0.25) is 0 Å². The van der Waals surface area contributed by atoms with Crippen molar-refractivity contribution in [3.05, 3.63) is 52.2 Å². The summed E-state index contributed by atoms with van der Waals surface area (Å²) < 4.78 is 5.57. The molecule has 1 aliphatic rings. The molecule has 4 heteroatoms. The van der Waals surface area contributed by atoms with Crippen molar-refractivity contribution in [2.75, 3.05) is 13.2 Å². The molecule has 3 rings (SSSR count). The number of hydrogen-bond acceptors (Lipinski definition) is 3. The van der Waals surface area contributed by atoms with E-state index in [2.05, 4.69) is 22.8 Å². The second-order valence-electron chi connectivity index (χ2n) is 5.59. The second kappa shape index (κ2) is 5.90. The SMILES string of the molecule is Cc1ccccc1OCC(=O)NCC1(c2cccs2)CC1. The van der Waals surface area contributed by atoms with Gasteiger partial charge in [0.25, 0.3) is 5.91 Å². The second-order valence-corrected chi connectivity index (χ2v) is 6.54. The minimum Gasteiger partial charge on any atom is -0.484 e. The van der Waals surface area contributed by atoms with Crippen LogP contribution in [0.5, 0.6) is 5.75 Å². The minimum atomic E-state index is -0.0546. The number of hydrogen-bond donors (Lipinski definition) is 1. The van der Waals surface area contributed by atoms with Crippen LogP contribution in [-0.4, -0.2) is 19.1 Å². The molecule has 1 N–H and O–H groups in total. The molecule has 1 aliphatic carbocycles. The lowest BCUT2D eigenvalue weighted by Crippen LogP contribution is -2.35. The van der Waals surface area contributed by atoms with Crippen LogP contribution in [0.3, 0.4) is 0 Å². The Hall–Kier alpha value is -1.81. The van der Waals surface area contributed by atoms with E-state index in [0.717, 1.165) is 24.2 Å². The van der Waals surface area contributed by atoms with Gasteiger partial charge in [0.15, 0.2) is 6.61 Å². The smallest absolute Gasteiger partial charge is 0.257 e. The molecule has 0 aliphatic heterocycles. The molecular formula is C17H19NO2S. The normalized spacial score (nSPS) is 15.5. The summed E-state index contributed by atoms with van der Waals surface area (Å²) in [5, 5.41) is 5.10. The van der Waals surface area contributed by atoms with Gasteiger partial charge in [0.2, 0.25) is 0 Å². The van der Waals surface area contributed by atoms with Crippen molar-refractivity contribution < 1.29 is 9.53 Å². The summed E-state index contributed by atoms with van der Waals surface area (Å²) in [6, 6.07) is 12.0. The molecule has 0 radical (unpaired) electrons. The summed E-state index contributed by atoms with van der Waals surface area (Å²) in [7, 11) is 0. The van der Waals surface area contributed by atoms with Gasteiger partial charge >= 0.3 is 0 Å². The highest BCUT2D eigenvalue weighted by Crippen LogP contribution is 2.49. The van der Waals surface area contributed by atoms with E-state index in [0.29, 0.717) is 6.54 Å². The maximum Gasteiger partial charge on any atom is 0.257 e. The fourth-order valence-corrected chi connectivity index (χ4v) is 3.41. The molecule has 1 saturated carbocycles. The van der Waals surface area contributed by atoms with E-state index < -0.39 is 0 Å². The number of aryl methyl sites for hydroxylation is 1. The number of rotatable bonds is 6. The van der Waals surface area contributed by atoms with E-state index >= 15 is 0 Å². The molecule has 0 atom stereocenters. The zero-order chi connectivity index (χ0) is 14.7. The Kier molecular flexibility index (Phi) is 3.97. The summed E-state index contributed by atoms with van der Waals surface area (Å²) >= 11 is 1.77. The van der Waals surface area contributed by atoms with Gasteiger partial charge in [-0.1, -0.05) is 24.3 Å². The van der Waals surface area contributed by atoms with Crippen LogP contribution in [0.1, 0.15) is 23.3 Å². The van der Waals surface area contributed by atoms with Gasteiger partial charge in [0.05, 0.1) is 0 Å². The predicted molar refractivity (Wildman–Crippen MR) is 84.9 cm³/mol. The highest BCUT2D eigenvalue weighted by Gasteiger charge is 2.45. The van der Waals surface area contributed by atoms with Crippen LogP contribution in [-0.2, 0) is 10.2 Å². The average molecular weight is 301 g/mol. The molecule has 0 saturated heterocycles. The Labute approximate surface area is 129 Å². The molecule has 1 amide bonds. The van der Waals surface area contributed by atoms with E-state index in [1.807, 2.05) is 31.2 Å². The van der Waals surface area contributed by atoms with Crippen molar-refractivity contribution in [2.45, 2.75) is 25.2 Å². The molecule has 1 aromatic heterocycles. The van der Waals surface area contributed by atoms with E-state index in [1.165, 1.54) is 4.88 Å². The fourth-order valence-electron chi connectivity index (χ4n) is 2.42. The third kappa shape index (κ3) is 3.27. The quantitative estimate of drug-likeness (QED) is 0.889. The molecule has 1 aromatic carbocycles. The number of nitrogens with one attached hydrogen (secondary N) is 1. The summed E-state index contributed by atoms with van der Waals surface area (Å²) in [6.07, 6.45) is 2.32. The predicted octanol–water partition coefficient (Wildman–Crippen LogP) is 3.28. The van der Waals surface area contributed by atoms with Crippen LogP contribution >= 0.6 is 11.3 Å². The molecule has 0 unspecified atom stereocenters. The van der Waals surface area contributed by atoms with Gasteiger partial charge in [-0.3, -0.25) is 4.79 Å². The van der Waals surface area contributed by atoms with E-state index in [-0.39, 0.29) is 17.9 Å². The first-order valence-corrected chi connectivity index (χ1v) is 8.07. The molecule has 110 valence electrons. The summed E-state index contributed by atoms with van der Waals surface area (Å²) in [4.78, 5) is 13.3. The van der Waals surface area contributed by atoms with Gasteiger partial charge in [-0.2, -0.15) is 0 Å². The fraction of sp³-hybridized carbons (Fsp3) is 0.353. The van der Waals surface area contributed by atoms with Crippen molar-refractivity contribution in [3.63, 3.8) is 0 Å². The van der Waals surface area contributed by atoms with Crippen LogP contribution in [0.25, 0.3) is 0 Å². The van der Waals surface area contributed by atoms with Crippen molar-refractivity contribution >= 4 is 17.2 Å². The first-order chi connectivity index (χ1) is 10.2. The molecule has 21 heavy (non-hydrogen) atoms. The van der Waals surface area contributed by atoms with Crippen LogP contribution in [0.15, 0.2) is 41.8 Å². The van der Waals surface area contributed by atoms with E-state index in [9.17, 15) is 4.79 Å². The number of para-hydroxylation sites is 1. The summed E-state index contributed by atoms with van der Waals surface area (Å²) in [5.74, 6) is 0.716. The molecule has 0 spiro atoms. The lowest BCUT2D eigenvalue weighted by molar-refractivity contribution is -0.123. The Morgan fingerprint density at radius 3 is 2.76 bits per heavy atom. The first-order valence-electron chi connectivity index (χ1n) is 7.19. The first kappa shape index (κ1) is 14.1. The van der Waals surface area contributed by atoms with Gasteiger partial charge in [0, 0.05) is 16.8 Å². The Bertz CT molecular complexity index is 617. The average Bonchev–Trinajstić information content (AvgIpc) is 3.07. The molecule has 1 fully saturated rings. The third-order valence-electron chi connectivity index (χ3n) is 3.97. The van der Waals surface area contributed by atoms with Gasteiger partial charge in [-0.15, -0.1) is 11.3 Å². The monoisotopic (exact) mass is 301 g/mol. The molecule has 1 heterocycles. The maximum absolute atomic E-state index is 11.9. The van der Waals surface area contributed by atoms with Gasteiger partial charge in [-0.05, 0) is 42.8 Å². The van der Waals surface area contributed by atoms with Crippen molar-refractivity contribution in [3.8, 4) is 5.75 Å². The van der Waals surface area contributed by atoms with Crippen LogP contribution in [0, 0.1) is 6.92 Å². The largest absolute Gasteiger partial charge is 0.484 e. The zero-order valence-corrected chi connectivity index (χ0v) is 12.9. The number of carbonyl (C=O) groups is 1. The van der Waals surface area contributed by atoms with Gasteiger partial charge < -0.3 is 10.1 Å². The Morgan fingerprint density at radius 2 is 2.10 bits per heavy atom. The topological polar surface area (TPSA) is 38.3 Å². The number of carbonyl (C=O) groups excluding carboxylic acids is 1. The number of amides is 1. The lowest BCUT2D eigenvalue weighted by atomic mass is 10.1. The third-order valence-corrected chi connectivity index (χ3v) is 5.09. The highest BCUT2D eigenvalue weighted by atomic mass is 32.1. The minimum absolute atomic E-state index is 0.0546. The Balaban J connectivity index is 1.48. The number of benzene rings is 1. The lowest BCUT2D eigenvalue weighted by Gasteiger charge is -2.15. The number of thiophene rings is 1. The highest BCUT2D eigenvalue weighted by molar-refractivity contribution is 7.10. The van der Waals surface area contributed by atoms with Gasteiger partial charge in [0.1, 0.15) is 5.75 Å². The van der Waals surface area contributed by atoms with Crippen molar-refractivity contribution in [1.82, 2.24) is 5.32 Å². The maximum atomic E-state index is 11.9. The summed E-state index contributed by atoms with van der Waals surface area (Å²) in [5.41, 5.74) is 1.23. The van der Waals surface area contributed by atoms with Crippen LogP contribution in [0.4, 0.5) is 0 Å². The molecular weight excluding hydrogens is 282 g/mol. The molecule has 2 aromatic rings. The molecule has 0 bridgehead atoms. The van der Waals surface area contributed by atoms with Crippen molar-refractivity contribution in [1.29, 1.82) is 0 Å². The standard InChI is InChI=1S/C17H19NO2S/c1-13-5-2-3-6-14(13)20-11-16(19)18-12-17(8-9-17)15-7-4-10-21-15/h2-7,10H,8-9,11-12H2,1H3,(H,18,19). The molecule has 3 nitrogen and oxygen atoms in total. The van der Waals surface area contributed by atoms with Gasteiger partial charge in [-0.25, -0.2) is 0 Å². The Morgan fingerprint density at radius 1 is 1.29 bits per heavy atom. The summed E-state index contributed by atoms with van der Waals surface area (Å²) in [6.45, 7) is 2.76. The van der Waals surface area contributed by atoms with Crippen LogP contribution < -0.4 is 10.1 Å².